The first kappa shape index (κ1) is 20.8. The summed E-state index contributed by atoms with van der Waals surface area (Å²) in [6, 6.07) is 13.9. The molecule has 0 saturated heterocycles. The third-order valence-electron chi connectivity index (χ3n) is 4.36. The van der Waals surface area contributed by atoms with E-state index in [1.54, 1.807) is 36.2 Å². The van der Waals surface area contributed by atoms with Gasteiger partial charge in [-0.3, -0.25) is 0 Å². The predicted molar refractivity (Wildman–Crippen MR) is 106 cm³/mol. The fourth-order valence-electron chi connectivity index (χ4n) is 2.48. The quantitative estimate of drug-likeness (QED) is 0.737. The lowest BCUT2D eigenvalue weighted by Crippen LogP contribution is -2.40. The van der Waals surface area contributed by atoms with Crippen LogP contribution < -0.4 is 10.1 Å². The van der Waals surface area contributed by atoms with Gasteiger partial charge in [-0.1, -0.05) is 29.8 Å². The van der Waals surface area contributed by atoms with Gasteiger partial charge in [-0.2, -0.15) is 0 Å². The Morgan fingerprint density at radius 3 is 2.26 bits per heavy atom. The van der Waals surface area contributed by atoms with E-state index in [4.69, 9.17) is 4.74 Å². The van der Waals surface area contributed by atoms with E-state index in [1.165, 1.54) is 6.26 Å². The highest BCUT2D eigenvalue weighted by atomic mass is 32.2. The molecule has 0 aliphatic heterocycles. The first-order chi connectivity index (χ1) is 12.7. The Kier molecular flexibility index (Phi) is 6.85. The van der Waals surface area contributed by atoms with E-state index >= 15 is 0 Å². The molecule has 0 spiro atoms. The number of urea groups is 1. The lowest BCUT2D eigenvalue weighted by atomic mass is 10.1. The Morgan fingerprint density at radius 1 is 1.11 bits per heavy atom. The summed E-state index contributed by atoms with van der Waals surface area (Å²) < 4.78 is 28.7. The molecule has 0 unspecified atom stereocenters. The molecule has 27 heavy (non-hydrogen) atoms. The van der Waals surface area contributed by atoms with Gasteiger partial charge in [0.25, 0.3) is 0 Å². The minimum absolute atomic E-state index is 0.198. The van der Waals surface area contributed by atoms with Crippen molar-refractivity contribution in [2.45, 2.75) is 24.8 Å². The number of nitrogens with zero attached hydrogens (tertiary/aromatic N) is 1. The molecule has 2 aromatic rings. The molecule has 7 heteroatoms. The molecule has 0 fully saturated rings. The van der Waals surface area contributed by atoms with Crippen molar-refractivity contribution in [1.82, 2.24) is 10.2 Å². The first-order valence-electron chi connectivity index (χ1n) is 8.68. The molecule has 2 amide bonds. The molecular formula is C20H26N2O4S. The number of hydrogen-bond acceptors (Lipinski definition) is 4. The van der Waals surface area contributed by atoms with E-state index in [0.717, 1.165) is 16.9 Å². The van der Waals surface area contributed by atoms with Crippen molar-refractivity contribution >= 4 is 15.9 Å². The average Bonchev–Trinajstić information content (AvgIpc) is 2.64. The lowest BCUT2D eigenvalue weighted by molar-refractivity contribution is 0.191. The van der Waals surface area contributed by atoms with Crippen LogP contribution in [0.4, 0.5) is 4.79 Å². The first-order valence-corrected chi connectivity index (χ1v) is 10.6. The number of nitrogens with one attached hydrogen (secondary N) is 1. The topological polar surface area (TPSA) is 75.7 Å². The van der Waals surface area contributed by atoms with E-state index in [0.29, 0.717) is 13.2 Å². The molecule has 0 aliphatic carbocycles. The van der Waals surface area contributed by atoms with Crippen molar-refractivity contribution in [3.05, 3.63) is 59.7 Å². The van der Waals surface area contributed by atoms with Crippen LogP contribution in [-0.4, -0.2) is 45.8 Å². The third kappa shape index (κ3) is 5.99. The van der Waals surface area contributed by atoms with Gasteiger partial charge in [0.15, 0.2) is 9.84 Å². The Bertz CT molecular complexity index is 862. The number of aryl methyl sites for hydroxylation is 1. The van der Waals surface area contributed by atoms with Gasteiger partial charge in [-0.15, -0.1) is 0 Å². The normalized spacial score (nSPS) is 12.3. The Hall–Kier alpha value is -2.54. The van der Waals surface area contributed by atoms with Crippen molar-refractivity contribution in [1.29, 1.82) is 0 Å². The molecule has 1 N–H and O–H groups in total. The predicted octanol–water partition coefficient (Wildman–Crippen LogP) is 3.18. The van der Waals surface area contributed by atoms with Crippen LogP contribution in [0.25, 0.3) is 0 Å². The third-order valence-corrected chi connectivity index (χ3v) is 5.49. The zero-order valence-electron chi connectivity index (χ0n) is 16.1. The van der Waals surface area contributed by atoms with E-state index in [1.807, 2.05) is 38.1 Å². The van der Waals surface area contributed by atoms with E-state index in [9.17, 15) is 13.2 Å². The van der Waals surface area contributed by atoms with Gasteiger partial charge in [0.05, 0.1) is 17.5 Å². The minimum Gasteiger partial charge on any atom is -0.492 e. The van der Waals surface area contributed by atoms with E-state index in [-0.39, 0.29) is 17.0 Å². The number of benzene rings is 2. The van der Waals surface area contributed by atoms with Crippen molar-refractivity contribution in [2.75, 3.05) is 26.5 Å². The summed E-state index contributed by atoms with van der Waals surface area (Å²) in [5.74, 6) is 0.766. The molecule has 2 rings (SSSR count). The fourth-order valence-corrected chi connectivity index (χ4v) is 3.11. The standard InChI is InChI=1S/C20H26N2O4S/c1-15-5-9-18(10-6-15)26-14-13-21-20(23)22(3)16(2)17-7-11-19(12-8-17)27(4,24)25/h5-12,16H,13-14H2,1-4H3,(H,21,23)/t16-/m1/s1. The smallest absolute Gasteiger partial charge is 0.317 e. The van der Waals surface area contributed by atoms with Crippen LogP contribution in [0.5, 0.6) is 5.75 Å². The summed E-state index contributed by atoms with van der Waals surface area (Å²) in [5.41, 5.74) is 2.02. The van der Waals surface area contributed by atoms with Crippen LogP contribution in [0.15, 0.2) is 53.4 Å². The van der Waals surface area contributed by atoms with Gasteiger partial charge >= 0.3 is 6.03 Å². The van der Waals surface area contributed by atoms with Crippen LogP contribution in [0.1, 0.15) is 24.1 Å². The maximum atomic E-state index is 12.3. The second kappa shape index (κ2) is 8.90. The van der Waals surface area contributed by atoms with Crippen molar-refractivity contribution in [3.63, 3.8) is 0 Å². The molecule has 0 saturated carbocycles. The molecule has 0 heterocycles. The number of rotatable bonds is 7. The van der Waals surface area contributed by atoms with Crippen molar-refractivity contribution in [2.24, 2.45) is 0 Å². The van der Waals surface area contributed by atoms with Crippen LogP contribution in [0, 0.1) is 6.92 Å². The zero-order chi connectivity index (χ0) is 20.0. The molecule has 0 aromatic heterocycles. The molecule has 0 radical (unpaired) electrons. The SMILES string of the molecule is Cc1ccc(OCCNC(=O)N(C)[C@H](C)c2ccc(S(C)(=O)=O)cc2)cc1. The maximum absolute atomic E-state index is 12.3. The number of hydrogen-bond donors (Lipinski definition) is 1. The Morgan fingerprint density at radius 2 is 1.70 bits per heavy atom. The summed E-state index contributed by atoms with van der Waals surface area (Å²) in [5, 5.41) is 2.82. The Labute approximate surface area is 161 Å². The van der Waals surface area contributed by atoms with Crippen molar-refractivity contribution < 1.29 is 17.9 Å². The van der Waals surface area contributed by atoms with E-state index < -0.39 is 9.84 Å². The summed E-state index contributed by atoms with van der Waals surface area (Å²) in [6.45, 7) is 4.66. The highest BCUT2D eigenvalue weighted by molar-refractivity contribution is 7.90. The second-order valence-electron chi connectivity index (χ2n) is 6.52. The molecule has 1 atom stereocenters. The molecule has 2 aromatic carbocycles. The van der Waals surface area contributed by atoms with E-state index in [2.05, 4.69) is 5.32 Å². The number of ether oxygens (including phenoxy) is 1. The summed E-state index contributed by atoms with van der Waals surface area (Å²) >= 11 is 0. The highest BCUT2D eigenvalue weighted by Gasteiger charge is 2.17. The largest absolute Gasteiger partial charge is 0.492 e. The fraction of sp³-hybridized carbons (Fsp3) is 0.350. The van der Waals surface area contributed by atoms with Gasteiger partial charge in [-0.25, -0.2) is 13.2 Å². The van der Waals surface area contributed by atoms with Crippen LogP contribution in [0.3, 0.4) is 0 Å². The summed E-state index contributed by atoms with van der Waals surface area (Å²) in [4.78, 5) is 14.1. The van der Waals surface area contributed by atoms with Crippen LogP contribution >= 0.6 is 0 Å². The van der Waals surface area contributed by atoms with Crippen LogP contribution in [0.2, 0.25) is 0 Å². The van der Waals surface area contributed by atoms with Crippen LogP contribution in [-0.2, 0) is 9.84 Å². The summed E-state index contributed by atoms with van der Waals surface area (Å²) in [7, 11) is -1.53. The van der Waals surface area contributed by atoms with Gasteiger partial charge in [0.1, 0.15) is 12.4 Å². The number of amides is 2. The molecule has 146 valence electrons. The highest BCUT2D eigenvalue weighted by Crippen LogP contribution is 2.20. The summed E-state index contributed by atoms with van der Waals surface area (Å²) in [6.07, 6.45) is 1.17. The molecule has 0 bridgehead atoms. The van der Waals surface area contributed by atoms with Gasteiger partial charge in [0, 0.05) is 13.3 Å². The Balaban J connectivity index is 1.83. The zero-order valence-corrected chi connectivity index (χ0v) is 16.9. The molecule has 0 aliphatic rings. The number of sulfone groups is 1. The average molecular weight is 391 g/mol. The van der Waals surface area contributed by atoms with Gasteiger partial charge in [0.2, 0.25) is 0 Å². The van der Waals surface area contributed by atoms with Gasteiger partial charge in [-0.05, 0) is 43.7 Å². The van der Waals surface area contributed by atoms with Crippen molar-refractivity contribution in [3.8, 4) is 5.75 Å². The monoisotopic (exact) mass is 390 g/mol. The molecule has 6 nitrogen and oxygen atoms in total. The minimum atomic E-state index is -3.23. The van der Waals surface area contributed by atoms with Gasteiger partial charge < -0.3 is 15.0 Å². The maximum Gasteiger partial charge on any atom is 0.317 e. The number of carbonyl (C=O) groups excluding carboxylic acids is 1. The molecular weight excluding hydrogens is 364 g/mol. The second-order valence-corrected chi connectivity index (χ2v) is 8.54. The number of carbonyl (C=O) groups is 1. The lowest BCUT2D eigenvalue weighted by Gasteiger charge is -2.25.